The predicted octanol–water partition coefficient (Wildman–Crippen LogP) is 2.92. The standard InChI is InChI=1S/C19H20N2O4S/c1-24-13-4-6-14(7-5-13)25-11-10-21-17(22)19(20-18(21)23)9-2-3-16-15(19)8-12-26-16/h4-8,12H,2-3,9-11H2,1H3,(H,20,23). The molecule has 1 fully saturated rings. The number of aryl methyl sites for hydroxylation is 1. The second-order valence-corrected chi connectivity index (χ2v) is 7.43. The van der Waals surface area contributed by atoms with Gasteiger partial charge in [0.1, 0.15) is 23.6 Å². The van der Waals surface area contributed by atoms with Crippen molar-refractivity contribution < 1.29 is 19.1 Å². The number of carbonyl (C=O) groups is 2. The Morgan fingerprint density at radius 2 is 1.96 bits per heavy atom. The van der Waals surface area contributed by atoms with Crippen LogP contribution in [0.3, 0.4) is 0 Å². The second kappa shape index (κ2) is 6.64. The van der Waals surface area contributed by atoms with Gasteiger partial charge >= 0.3 is 6.03 Å². The van der Waals surface area contributed by atoms with Gasteiger partial charge in [-0.3, -0.25) is 9.69 Å². The third kappa shape index (κ3) is 2.72. The molecule has 3 amide bonds. The van der Waals surface area contributed by atoms with Gasteiger partial charge in [0.25, 0.3) is 5.91 Å². The number of thiophene rings is 1. The minimum absolute atomic E-state index is 0.166. The summed E-state index contributed by atoms with van der Waals surface area (Å²) >= 11 is 1.65. The van der Waals surface area contributed by atoms with Crippen LogP contribution in [0.4, 0.5) is 4.79 Å². The molecule has 4 rings (SSSR count). The summed E-state index contributed by atoms with van der Waals surface area (Å²) in [6.45, 7) is 0.468. The molecule has 1 spiro atoms. The molecule has 0 radical (unpaired) electrons. The molecule has 2 aliphatic rings. The average molecular weight is 372 g/mol. The molecule has 7 heteroatoms. The van der Waals surface area contributed by atoms with E-state index in [1.807, 2.05) is 11.4 Å². The van der Waals surface area contributed by atoms with Crippen LogP contribution in [0, 0.1) is 0 Å². The van der Waals surface area contributed by atoms with Gasteiger partial charge in [0.05, 0.1) is 13.7 Å². The average Bonchev–Trinajstić information content (AvgIpc) is 3.22. The molecule has 0 bridgehead atoms. The second-order valence-electron chi connectivity index (χ2n) is 6.43. The Hall–Kier alpha value is -2.54. The first-order chi connectivity index (χ1) is 12.6. The smallest absolute Gasteiger partial charge is 0.325 e. The highest BCUT2D eigenvalue weighted by atomic mass is 32.1. The van der Waals surface area contributed by atoms with Gasteiger partial charge in [-0.1, -0.05) is 0 Å². The maximum absolute atomic E-state index is 13.1. The van der Waals surface area contributed by atoms with E-state index < -0.39 is 5.54 Å². The Morgan fingerprint density at radius 1 is 1.19 bits per heavy atom. The van der Waals surface area contributed by atoms with E-state index in [4.69, 9.17) is 9.47 Å². The Kier molecular flexibility index (Phi) is 4.32. The Balaban J connectivity index is 1.44. The summed E-state index contributed by atoms with van der Waals surface area (Å²) in [5, 5.41) is 4.94. The van der Waals surface area contributed by atoms with E-state index in [2.05, 4.69) is 5.32 Å². The van der Waals surface area contributed by atoms with E-state index in [9.17, 15) is 9.59 Å². The molecule has 1 atom stereocenters. The lowest BCUT2D eigenvalue weighted by atomic mass is 9.80. The molecule has 26 heavy (non-hydrogen) atoms. The number of imide groups is 1. The van der Waals surface area contributed by atoms with Gasteiger partial charge in [0.2, 0.25) is 0 Å². The summed E-state index contributed by atoms with van der Waals surface area (Å²) in [5.74, 6) is 1.25. The normalized spacial score (nSPS) is 21.7. The molecule has 1 N–H and O–H groups in total. The number of carbonyl (C=O) groups excluding carboxylic acids is 2. The number of hydrogen-bond donors (Lipinski definition) is 1. The summed E-state index contributed by atoms with van der Waals surface area (Å²) in [6, 6.07) is 8.83. The van der Waals surface area contributed by atoms with Crippen molar-refractivity contribution in [3.63, 3.8) is 0 Å². The lowest BCUT2D eigenvalue weighted by molar-refractivity contribution is -0.132. The van der Waals surface area contributed by atoms with Crippen LogP contribution in [0.1, 0.15) is 23.3 Å². The number of hydrogen-bond acceptors (Lipinski definition) is 5. The van der Waals surface area contributed by atoms with E-state index in [1.165, 1.54) is 9.78 Å². The number of rotatable bonds is 5. The highest BCUT2D eigenvalue weighted by molar-refractivity contribution is 7.10. The number of methoxy groups -OCH3 is 1. The van der Waals surface area contributed by atoms with Crippen molar-refractivity contribution in [2.45, 2.75) is 24.8 Å². The number of nitrogens with zero attached hydrogens (tertiary/aromatic N) is 1. The molecular formula is C19H20N2O4S. The van der Waals surface area contributed by atoms with Crippen molar-refractivity contribution in [2.75, 3.05) is 20.3 Å². The Labute approximate surface area is 155 Å². The zero-order chi connectivity index (χ0) is 18.1. The molecule has 2 heterocycles. The van der Waals surface area contributed by atoms with Gasteiger partial charge in [-0.15, -0.1) is 11.3 Å². The van der Waals surface area contributed by atoms with Crippen LogP contribution in [0.25, 0.3) is 0 Å². The zero-order valence-corrected chi connectivity index (χ0v) is 15.3. The van der Waals surface area contributed by atoms with Crippen molar-refractivity contribution in [3.8, 4) is 11.5 Å². The number of benzene rings is 1. The largest absolute Gasteiger partial charge is 0.497 e. The van der Waals surface area contributed by atoms with Gasteiger partial charge in [0, 0.05) is 10.4 Å². The fourth-order valence-corrected chi connectivity index (χ4v) is 4.67. The maximum atomic E-state index is 13.1. The highest BCUT2D eigenvalue weighted by Crippen LogP contribution is 2.42. The van der Waals surface area contributed by atoms with E-state index in [-0.39, 0.29) is 25.1 Å². The zero-order valence-electron chi connectivity index (χ0n) is 14.5. The van der Waals surface area contributed by atoms with Gasteiger partial charge in [-0.05, 0) is 55.0 Å². The van der Waals surface area contributed by atoms with Crippen molar-refractivity contribution in [2.24, 2.45) is 0 Å². The van der Waals surface area contributed by atoms with Gasteiger partial charge in [0.15, 0.2) is 0 Å². The third-order valence-corrected chi connectivity index (χ3v) is 5.96. The first-order valence-corrected chi connectivity index (χ1v) is 9.50. The molecular weight excluding hydrogens is 352 g/mol. The molecule has 1 unspecified atom stereocenters. The highest BCUT2D eigenvalue weighted by Gasteiger charge is 2.54. The lowest BCUT2D eigenvalue weighted by Gasteiger charge is -2.31. The molecule has 1 aromatic heterocycles. The number of urea groups is 1. The van der Waals surface area contributed by atoms with E-state index in [1.54, 1.807) is 42.7 Å². The molecule has 1 saturated heterocycles. The molecule has 1 aromatic carbocycles. The van der Waals surface area contributed by atoms with Crippen LogP contribution in [0.2, 0.25) is 0 Å². The predicted molar refractivity (Wildman–Crippen MR) is 97.7 cm³/mol. The fourth-order valence-electron chi connectivity index (χ4n) is 3.67. The minimum atomic E-state index is -0.884. The molecule has 2 aromatic rings. The van der Waals surface area contributed by atoms with E-state index in [0.717, 1.165) is 24.2 Å². The van der Waals surface area contributed by atoms with Crippen molar-refractivity contribution in [1.82, 2.24) is 10.2 Å². The van der Waals surface area contributed by atoms with Crippen LogP contribution in [-0.2, 0) is 16.8 Å². The number of nitrogens with one attached hydrogen (secondary N) is 1. The number of amides is 3. The van der Waals surface area contributed by atoms with Crippen molar-refractivity contribution in [1.29, 1.82) is 0 Å². The molecule has 1 aliphatic carbocycles. The summed E-state index contributed by atoms with van der Waals surface area (Å²) in [5.41, 5.74) is 0.0794. The Morgan fingerprint density at radius 3 is 2.73 bits per heavy atom. The van der Waals surface area contributed by atoms with Crippen LogP contribution in [-0.4, -0.2) is 37.1 Å². The summed E-state index contributed by atoms with van der Waals surface area (Å²) < 4.78 is 10.8. The van der Waals surface area contributed by atoms with Gasteiger partial charge in [-0.2, -0.15) is 0 Å². The quantitative estimate of drug-likeness (QED) is 0.820. The van der Waals surface area contributed by atoms with E-state index >= 15 is 0 Å². The van der Waals surface area contributed by atoms with E-state index in [0.29, 0.717) is 12.2 Å². The third-order valence-electron chi connectivity index (χ3n) is 4.98. The lowest BCUT2D eigenvalue weighted by Crippen LogP contribution is -2.46. The maximum Gasteiger partial charge on any atom is 0.325 e. The van der Waals surface area contributed by atoms with Crippen LogP contribution in [0.15, 0.2) is 35.7 Å². The van der Waals surface area contributed by atoms with Crippen LogP contribution < -0.4 is 14.8 Å². The monoisotopic (exact) mass is 372 g/mol. The molecule has 0 saturated carbocycles. The summed E-state index contributed by atoms with van der Waals surface area (Å²) in [4.78, 5) is 28.0. The molecule has 136 valence electrons. The Bertz CT molecular complexity index is 832. The van der Waals surface area contributed by atoms with Crippen LogP contribution in [0.5, 0.6) is 11.5 Å². The van der Waals surface area contributed by atoms with Gasteiger partial charge < -0.3 is 14.8 Å². The summed E-state index contributed by atoms with van der Waals surface area (Å²) in [7, 11) is 1.60. The van der Waals surface area contributed by atoms with Crippen LogP contribution >= 0.6 is 11.3 Å². The first-order valence-electron chi connectivity index (χ1n) is 8.62. The van der Waals surface area contributed by atoms with Crippen molar-refractivity contribution in [3.05, 3.63) is 46.2 Å². The molecule has 1 aliphatic heterocycles. The molecule has 6 nitrogen and oxygen atoms in total. The summed E-state index contributed by atoms with van der Waals surface area (Å²) in [6.07, 6.45) is 2.52. The van der Waals surface area contributed by atoms with Gasteiger partial charge in [-0.25, -0.2) is 4.79 Å². The minimum Gasteiger partial charge on any atom is -0.497 e. The first kappa shape index (κ1) is 16.9. The fraction of sp³-hybridized carbons (Fsp3) is 0.368. The topological polar surface area (TPSA) is 67.9 Å². The number of fused-ring (bicyclic) bond motifs is 2. The SMILES string of the molecule is COc1ccc(OCCN2C(=O)NC3(CCCc4sccc43)C2=O)cc1. The number of ether oxygens (including phenoxy) is 2. The van der Waals surface area contributed by atoms with Crippen molar-refractivity contribution >= 4 is 23.3 Å².